The SMILES string of the molecule is S.S.S.[Ce].[Ce]. The normalized spacial score (nSPS) is 0. The van der Waals surface area contributed by atoms with Crippen molar-refractivity contribution in [3.8, 4) is 0 Å². The van der Waals surface area contributed by atoms with E-state index in [4.69, 9.17) is 0 Å². The molecule has 5 heteroatoms. The predicted molar refractivity (Wildman–Crippen MR) is 31.1 cm³/mol. The van der Waals surface area contributed by atoms with Crippen LogP contribution in [0, 0.1) is 83.5 Å². The van der Waals surface area contributed by atoms with Gasteiger partial charge >= 0.3 is 0 Å². The molecular formula is H6Ce2S3. The molecule has 0 unspecified atom stereocenters. The van der Waals surface area contributed by atoms with Crippen LogP contribution in [0.1, 0.15) is 0 Å². The van der Waals surface area contributed by atoms with Gasteiger partial charge in [-0.15, -0.1) is 0 Å². The van der Waals surface area contributed by atoms with Gasteiger partial charge in [0.1, 0.15) is 0 Å². The van der Waals surface area contributed by atoms with Gasteiger partial charge in [0, 0.05) is 83.5 Å². The Labute approximate surface area is 121 Å². The Bertz CT molecular complexity index is 4.85. The van der Waals surface area contributed by atoms with Crippen LogP contribution in [0.5, 0.6) is 0 Å². The smallest absolute Gasteiger partial charge is 0 e. The van der Waals surface area contributed by atoms with Crippen molar-refractivity contribution in [1.82, 2.24) is 0 Å². The fourth-order valence-corrected chi connectivity index (χ4v) is 0. The van der Waals surface area contributed by atoms with E-state index in [0.717, 1.165) is 0 Å². The first-order chi connectivity index (χ1) is 0. The summed E-state index contributed by atoms with van der Waals surface area (Å²) in [5.41, 5.74) is 0. The van der Waals surface area contributed by atoms with E-state index in [1.54, 1.807) is 0 Å². The molecule has 0 atom stereocenters. The molecule has 32 valence electrons. The van der Waals surface area contributed by atoms with Crippen LogP contribution >= 0.6 is 40.5 Å². The van der Waals surface area contributed by atoms with Gasteiger partial charge in [0.05, 0.1) is 0 Å². The number of rotatable bonds is 0. The van der Waals surface area contributed by atoms with Crippen LogP contribution in [0.25, 0.3) is 0 Å². The standard InChI is InChI=1S/2Ce.3H2S/h;;3*1H2. The Kier molecular flexibility index (Phi) is 185. The van der Waals surface area contributed by atoms with E-state index >= 15 is 0 Å². The zero-order chi connectivity index (χ0) is 0. The van der Waals surface area contributed by atoms with Gasteiger partial charge in [0.15, 0.2) is 0 Å². The van der Waals surface area contributed by atoms with Crippen molar-refractivity contribution in [2.24, 2.45) is 0 Å². The Morgan fingerprint density at radius 3 is 0.400 bits per heavy atom. The van der Waals surface area contributed by atoms with Crippen LogP contribution in [-0.4, -0.2) is 0 Å². The first-order valence-electron chi connectivity index (χ1n) is 0. The Hall–Kier alpha value is 3.80. The molecule has 0 heterocycles. The van der Waals surface area contributed by atoms with E-state index < -0.39 is 0 Å². The molecule has 0 saturated heterocycles. The largest absolute Gasteiger partial charge is 0.197 e. The van der Waals surface area contributed by atoms with Gasteiger partial charge in [-0.05, 0) is 0 Å². The van der Waals surface area contributed by atoms with Gasteiger partial charge in [-0.25, -0.2) is 0 Å². The van der Waals surface area contributed by atoms with Crippen molar-refractivity contribution in [3.63, 3.8) is 0 Å². The van der Waals surface area contributed by atoms with E-state index in [0.29, 0.717) is 0 Å². The average molecular weight is 382 g/mol. The minimum atomic E-state index is 0. The molecule has 0 aromatic heterocycles. The zero-order valence-electron chi connectivity index (χ0n) is 2.50. The average Bonchev–Trinajstić information content (AvgIpc) is 0. The summed E-state index contributed by atoms with van der Waals surface area (Å²) >= 11 is 0. The molecule has 0 spiro atoms. The summed E-state index contributed by atoms with van der Waals surface area (Å²) < 4.78 is 0. The molecule has 0 radical (unpaired) electrons. The summed E-state index contributed by atoms with van der Waals surface area (Å²) in [4.78, 5) is 0. The predicted octanol–water partition coefficient (Wildman–Crippen LogP) is 0.338. The molecule has 0 aliphatic rings. The molecule has 0 aliphatic carbocycles. The first-order valence-corrected chi connectivity index (χ1v) is 0. The quantitative estimate of drug-likeness (QED) is 0.567. The first kappa shape index (κ1) is 37.1. The molecule has 0 rings (SSSR count). The van der Waals surface area contributed by atoms with Crippen molar-refractivity contribution in [1.29, 1.82) is 0 Å². The Balaban J connectivity index is 0. The van der Waals surface area contributed by atoms with Crippen LogP contribution < -0.4 is 0 Å². The van der Waals surface area contributed by atoms with Crippen molar-refractivity contribution in [3.05, 3.63) is 0 Å². The van der Waals surface area contributed by atoms with Crippen LogP contribution in [0.4, 0.5) is 0 Å². The summed E-state index contributed by atoms with van der Waals surface area (Å²) in [6.45, 7) is 0. The van der Waals surface area contributed by atoms with Crippen molar-refractivity contribution < 1.29 is 83.5 Å². The molecule has 0 aromatic rings. The van der Waals surface area contributed by atoms with Crippen molar-refractivity contribution in [2.45, 2.75) is 0 Å². The summed E-state index contributed by atoms with van der Waals surface area (Å²) in [5, 5.41) is 0. The maximum absolute atomic E-state index is 0. The summed E-state index contributed by atoms with van der Waals surface area (Å²) in [6.07, 6.45) is 0. The number of hydrogen-bond acceptors (Lipinski definition) is 0. The van der Waals surface area contributed by atoms with E-state index in [1.807, 2.05) is 0 Å². The van der Waals surface area contributed by atoms with Gasteiger partial charge < -0.3 is 0 Å². The second-order valence-electron chi connectivity index (χ2n) is 0. The fraction of sp³-hybridized carbons (Fsp3) is 0. The maximum atomic E-state index is 0. The molecule has 5 heavy (non-hydrogen) atoms. The molecule has 0 bridgehead atoms. The monoisotopic (exact) mass is 382 g/mol. The van der Waals surface area contributed by atoms with E-state index in [9.17, 15) is 0 Å². The second-order valence-corrected chi connectivity index (χ2v) is 0. The van der Waals surface area contributed by atoms with Crippen LogP contribution in [0.15, 0.2) is 0 Å². The van der Waals surface area contributed by atoms with Crippen LogP contribution in [0.3, 0.4) is 0 Å². The molecule has 0 aliphatic heterocycles. The van der Waals surface area contributed by atoms with Gasteiger partial charge in [-0.1, -0.05) is 0 Å². The van der Waals surface area contributed by atoms with Gasteiger partial charge in [0.25, 0.3) is 0 Å². The van der Waals surface area contributed by atoms with Crippen LogP contribution in [0.2, 0.25) is 0 Å². The Morgan fingerprint density at radius 1 is 0.400 bits per heavy atom. The molecule has 0 fully saturated rings. The van der Waals surface area contributed by atoms with Gasteiger partial charge in [-0.2, -0.15) is 40.5 Å². The minimum absolute atomic E-state index is 0. The number of hydrogen-bond donors (Lipinski definition) is 0. The fourth-order valence-electron chi connectivity index (χ4n) is 0. The van der Waals surface area contributed by atoms with E-state index in [2.05, 4.69) is 0 Å². The van der Waals surface area contributed by atoms with E-state index in [1.165, 1.54) is 0 Å². The molecular weight excluding hydrogens is 376 g/mol. The van der Waals surface area contributed by atoms with Crippen molar-refractivity contribution in [2.75, 3.05) is 0 Å². The van der Waals surface area contributed by atoms with Gasteiger partial charge in [-0.3, -0.25) is 0 Å². The zero-order valence-corrected chi connectivity index (χ0v) is 11.8. The second kappa shape index (κ2) is 25.0. The molecule has 0 aromatic carbocycles. The third-order valence-corrected chi connectivity index (χ3v) is 0. The summed E-state index contributed by atoms with van der Waals surface area (Å²) in [6, 6.07) is 0. The minimum Gasteiger partial charge on any atom is -0.197 e. The van der Waals surface area contributed by atoms with Crippen LogP contribution in [-0.2, 0) is 0 Å². The molecule has 0 N–H and O–H groups in total. The summed E-state index contributed by atoms with van der Waals surface area (Å²) in [5.74, 6) is 0. The third-order valence-electron chi connectivity index (χ3n) is 0. The third kappa shape index (κ3) is 18.2. The summed E-state index contributed by atoms with van der Waals surface area (Å²) in [7, 11) is 0. The molecule has 0 nitrogen and oxygen atoms in total. The molecule has 0 saturated carbocycles. The Morgan fingerprint density at radius 2 is 0.400 bits per heavy atom. The van der Waals surface area contributed by atoms with Crippen molar-refractivity contribution >= 4 is 40.5 Å². The van der Waals surface area contributed by atoms with Gasteiger partial charge in [0.2, 0.25) is 0 Å². The topological polar surface area (TPSA) is 0 Å². The van der Waals surface area contributed by atoms with E-state index in [-0.39, 0.29) is 124 Å². The molecule has 0 amide bonds. The maximum Gasteiger partial charge on any atom is 0 e.